The number of benzene rings is 1. The molecule has 2 aliphatic carbocycles. The van der Waals surface area contributed by atoms with Crippen LogP contribution in [0.2, 0.25) is 0 Å². The van der Waals surface area contributed by atoms with Gasteiger partial charge in [-0.3, -0.25) is 4.79 Å². The van der Waals surface area contributed by atoms with Gasteiger partial charge in [0.15, 0.2) is 0 Å². The van der Waals surface area contributed by atoms with Gasteiger partial charge in [0.25, 0.3) is 0 Å². The first-order chi connectivity index (χ1) is 7.27. The van der Waals surface area contributed by atoms with Crippen molar-refractivity contribution in [2.75, 3.05) is 0 Å². The maximum Gasteiger partial charge on any atom is 0.146 e. The third-order valence-corrected chi connectivity index (χ3v) is 3.79. The highest BCUT2D eigenvalue weighted by atomic mass is 16.3. The molecular weight excluding hydrogens is 188 g/mol. The molecule has 0 aromatic heterocycles. The summed E-state index contributed by atoms with van der Waals surface area (Å²) in [5, 5.41) is 9.80. The van der Waals surface area contributed by atoms with Crippen molar-refractivity contribution in [2.24, 2.45) is 5.92 Å². The molecule has 1 aromatic rings. The minimum Gasteiger partial charge on any atom is -0.392 e. The number of rotatable bonds is 0. The lowest BCUT2D eigenvalue weighted by Gasteiger charge is -2.37. The molecule has 0 heterocycles. The van der Waals surface area contributed by atoms with Crippen LogP contribution in [0.25, 0.3) is 0 Å². The summed E-state index contributed by atoms with van der Waals surface area (Å²) in [6.45, 7) is 0. The lowest BCUT2D eigenvalue weighted by molar-refractivity contribution is -0.132. The zero-order valence-corrected chi connectivity index (χ0v) is 8.52. The van der Waals surface area contributed by atoms with Crippen molar-refractivity contribution >= 4 is 5.78 Å². The standard InChI is InChI=1S/C13H14O2/c14-12-6-5-10-9-4-2-1-3-8(9)7-11(12)13(10)15/h1-4,10-12,14H,5-7H2/t10-,11+,12-/m0/s1. The summed E-state index contributed by atoms with van der Waals surface area (Å²) in [7, 11) is 0. The van der Waals surface area contributed by atoms with Crippen LogP contribution in [-0.2, 0) is 11.2 Å². The zero-order chi connectivity index (χ0) is 10.4. The summed E-state index contributed by atoms with van der Waals surface area (Å²) in [4.78, 5) is 12.0. The van der Waals surface area contributed by atoms with E-state index >= 15 is 0 Å². The Morgan fingerprint density at radius 3 is 2.87 bits per heavy atom. The average molecular weight is 202 g/mol. The molecule has 0 radical (unpaired) electrons. The smallest absolute Gasteiger partial charge is 0.146 e. The number of carbonyl (C=O) groups is 1. The van der Waals surface area contributed by atoms with Crippen molar-refractivity contribution in [1.82, 2.24) is 0 Å². The monoisotopic (exact) mass is 202 g/mol. The number of ketones is 1. The molecule has 1 fully saturated rings. The van der Waals surface area contributed by atoms with Gasteiger partial charge in [-0.1, -0.05) is 24.3 Å². The largest absolute Gasteiger partial charge is 0.392 e. The van der Waals surface area contributed by atoms with Crippen LogP contribution in [0.4, 0.5) is 0 Å². The Morgan fingerprint density at radius 1 is 1.20 bits per heavy atom. The van der Waals surface area contributed by atoms with E-state index in [1.165, 1.54) is 11.1 Å². The maximum atomic E-state index is 12.0. The summed E-state index contributed by atoms with van der Waals surface area (Å²) in [5.41, 5.74) is 2.46. The first-order valence-electron chi connectivity index (χ1n) is 5.57. The Labute approximate surface area is 88.9 Å². The highest BCUT2D eigenvalue weighted by Crippen LogP contribution is 2.41. The average Bonchev–Trinajstić information content (AvgIpc) is 2.24. The van der Waals surface area contributed by atoms with E-state index in [1.807, 2.05) is 12.1 Å². The summed E-state index contributed by atoms with van der Waals surface area (Å²) in [5.74, 6) is 0.175. The Kier molecular flexibility index (Phi) is 1.93. The second-order valence-corrected chi connectivity index (χ2v) is 4.61. The van der Waals surface area contributed by atoms with Crippen LogP contribution in [0.5, 0.6) is 0 Å². The normalized spacial score (nSPS) is 33.7. The molecular formula is C13H14O2. The molecule has 3 atom stereocenters. The first kappa shape index (κ1) is 9.10. The van der Waals surface area contributed by atoms with E-state index in [4.69, 9.17) is 0 Å². The molecule has 15 heavy (non-hydrogen) atoms. The molecule has 1 N–H and O–H groups in total. The van der Waals surface area contributed by atoms with Crippen LogP contribution in [0.15, 0.2) is 24.3 Å². The molecule has 3 rings (SSSR count). The topological polar surface area (TPSA) is 37.3 Å². The van der Waals surface area contributed by atoms with Gasteiger partial charge in [-0.25, -0.2) is 0 Å². The Morgan fingerprint density at radius 2 is 2.00 bits per heavy atom. The van der Waals surface area contributed by atoms with Crippen LogP contribution in [0.3, 0.4) is 0 Å². The van der Waals surface area contributed by atoms with E-state index in [0.29, 0.717) is 0 Å². The van der Waals surface area contributed by atoms with Crippen LogP contribution in [0, 0.1) is 5.92 Å². The molecule has 0 spiro atoms. The number of hydrogen-bond acceptors (Lipinski definition) is 2. The van der Waals surface area contributed by atoms with Crippen molar-refractivity contribution < 1.29 is 9.90 Å². The molecule has 1 aromatic carbocycles. The van der Waals surface area contributed by atoms with Gasteiger partial charge in [-0.2, -0.15) is 0 Å². The lowest BCUT2D eigenvalue weighted by Crippen LogP contribution is -2.42. The van der Waals surface area contributed by atoms with E-state index in [0.717, 1.165) is 19.3 Å². The van der Waals surface area contributed by atoms with E-state index in [1.54, 1.807) is 0 Å². The minimum atomic E-state index is -0.415. The summed E-state index contributed by atoms with van der Waals surface area (Å²) in [6.07, 6.45) is 1.90. The van der Waals surface area contributed by atoms with Crippen LogP contribution < -0.4 is 0 Å². The fraction of sp³-hybridized carbons (Fsp3) is 0.462. The molecule has 2 bridgehead atoms. The van der Waals surface area contributed by atoms with E-state index in [9.17, 15) is 9.90 Å². The van der Waals surface area contributed by atoms with E-state index in [-0.39, 0.29) is 17.6 Å². The number of carbonyl (C=O) groups excluding carboxylic acids is 1. The van der Waals surface area contributed by atoms with Gasteiger partial charge in [0.2, 0.25) is 0 Å². The van der Waals surface area contributed by atoms with Crippen LogP contribution >= 0.6 is 0 Å². The molecule has 2 nitrogen and oxygen atoms in total. The van der Waals surface area contributed by atoms with Gasteiger partial charge < -0.3 is 5.11 Å². The number of aliphatic hydroxyl groups excluding tert-OH is 1. The summed E-state index contributed by atoms with van der Waals surface area (Å²) < 4.78 is 0. The molecule has 1 saturated carbocycles. The van der Waals surface area contributed by atoms with Crippen molar-refractivity contribution in [1.29, 1.82) is 0 Å². The Balaban J connectivity index is 2.10. The van der Waals surface area contributed by atoms with Gasteiger partial charge in [-0.15, -0.1) is 0 Å². The van der Waals surface area contributed by atoms with Crippen LogP contribution in [0.1, 0.15) is 29.9 Å². The highest BCUT2D eigenvalue weighted by molar-refractivity contribution is 5.91. The van der Waals surface area contributed by atoms with E-state index in [2.05, 4.69) is 12.1 Å². The number of aliphatic hydroxyl groups is 1. The fourth-order valence-corrected chi connectivity index (χ4v) is 2.97. The van der Waals surface area contributed by atoms with Gasteiger partial charge in [0, 0.05) is 11.8 Å². The minimum absolute atomic E-state index is 0.0587. The fourth-order valence-electron chi connectivity index (χ4n) is 2.97. The molecule has 0 unspecified atom stereocenters. The Bertz CT molecular complexity index is 411. The van der Waals surface area contributed by atoms with Crippen molar-refractivity contribution in [2.45, 2.75) is 31.3 Å². The maximum absolute atomic E-state index is 12.0. The molecule has 78 valence electrons. The molecule has 0 aliphatic heterocycles. The third kappa shape index (κ3) is 1.25. The lowest BCUT2D eigenvalue weighted by atomic mass is 9.67. The third-order valence-electron chi connectivity index (χ3n) is 3.79. The zero-order valence-electron chi connectivity index (χ0n) is 8.52. The van der Waals surface area contributed by atoms with Gasteiger partial charge in [-0.05, 0) is 30.4 Å². The van der Waals surface area contributed by atoms with Gasteiger partial charge in [0.1, 0.15) is 5.78 Å². The van der Waals surface area contributed by atoms with Crippen molar-refractivity contribution in [3.05, 3.63) is 35.4 Å². The predicted octanol–water partition coefficient (Wildman–Crippen LogP) is 1.67. The summed E-state index contributed by atoms with van der Waals surface area (Å²) in [6, 6.07) is 8.15. The highest BCUT2D eigenvalue weighted by Gasteiger charge is 2.42. The van der Waals surface area contributed by atoms with Crippen LogP contribution in [-0.4, -0.2) is 17.0 Å². The second-order valence-electron chi connectivity index (χ2n) is 4.61. The summed E-state index contributed by atoms with van der Waals surface area (Å²) >= 11 is 0. The molecule has 2 aliphatic rings. The van der Waals surface area contributed by atoms with E-state index < -0.39 is 6.10 Å². The quantitative estimate of drug-likeness (QED) is 0.694. The number of Topliss-reactive ketones (excluding diaryl/α,β-unsaturated/α-hetero) is 1. The van der Waals surface area contributed by atoms with Gasteiger partial charge >= 0.3 is 0 Å². The molecule has 0 saturated heterocycles. The molecule has 2 heteroatoms. The first-order valence-corrected chi connectivity index (χ1v) is 5.57. The number of fused-ring (bicyclic) bond motifs is 4. The molecule has 0 amide bonds. The predicted molar refractivity (Wildman–Crippen MR) is 56.6 cm³/mol. The Hall–Kier alpha value is -1.15. The van der Waals surface area contributed by atoms with Crippen molar-refractivity contribution in [3.63, 3.8) is 0 Å². The van der Waals surface area contributed by atoms with Crippen molar-refractivity contribution in [3.8, 4) is 0 Å². The SMILES string of the molecule is O=C1[C@H]2CC[C@H](O)[C@H]1Cc1ccccc12. The second kappa shape index (κ2) is 3.17. The van der Waals surface area contributed by atoms with Gasteiger partial charge in [0.05, 0.1) is 6.10 Å². The number of hydrogen-bond donors (Lipinski definition) is 1.